The monoisotopic (exact) mass is 672 g/mol. The molecule has 0 amide bonds. The summed E-state index contributed by atoms with van der Waals surface area (Å²) in [6.07, 6.45) is 4.31. The number of hydrogen-bond donors (Lipinski definition) is 2. The highest BCUT2D eigenvalue weighted by Crippen LogP contribution is 2.46. The van der Waals surface area contributed by atoms with E-state index in [0.29, 0.717) is 50.1 Å². The Morgan fingerprint density at radius 1 is 1.12 bits per heavy atom. The van der Waals surface area contributed by atoms with E-state index >= 15 is 0 Å². The minimum atomic E-state index is -1.49. The van der Waals surface area contributed by atoms with Crippen LogP contribution in [0.2, 0.25) is 51.4 Å². The van der Waals surface area contributed by atoms with E-state index in [1.165, 1.54) is 18.9 Å². The average molecular weight is 673 g/mol. The van der Waals surface area contributed by atoms with Gasteiger partial charge in [-0.2, -0.15) is 0 Å². The van der Waals surface area contributed by atoms with Crippen LogP contribution in [0.15, 0.2) is 23.1 Å². The fourth-order valence-electron chi connectivity index (χ4n) is 4.49. The molecule has 3 unspecified atom stereocenters. The van der Waals surface area contributed by atoms with Crippen molar-refractivity contribution in [3.05, 3.63) is 45.4 Å². The first-order valence-corrected chi connectivity index (χ1v) is 24.6. The summed E-state index contributed by atoms with van der Waals surface area (Å²) in [4.78, 5) is 22.9. The van der Waals surface area contributed by atoms with Crippen LogP contribution in [0.5, 0.6) is 11.5 Å². The van der Waals surface area contributed by atoms with Crippen LogP contribution in [0, 0.1) is 6.92 Å². The quantitative estimate of drug-likeness (QED) is 0.0708. The lowest BCUT2D eigenvalue weighted by atomic mass is 9.94. The highest BCUT2D eigenvalue weighted by atomic mass is 32.2. The molecular weight excluding hydrogens is 620 g/mol. The number of benzene rings is 1. The van der Waals surface area contributed by atoms with Gasteiger partial charge in [-0.15, -0.1) is 11.8 Å². The number of carbonyl (C=O) groups excluding carboxylic acids is 1. The highest BCUT2D eigenvalue weighted by molar-refractivity contribution is 8.03. The zero-order valence-electron chi connectivity index (χ0n) is 27.7. The SMILES string of the molecule is COc1c(C)c2c(c(OCC[Si](C)(C)C)c1C/C=C(\C)CC(S/C=C/CP(O)OC)C(=O)OCC[Si](C)(C)C)C(O)OC2. The Balaban J connectivity index is 2.33. The maximum atomic E-state index is 13.1. The topological polar surface area (TPSA) is 104 Å². The Bertz CT molecular complexity index is 1130. The zero-order valence-corrected chi connectivity index (χ0v) is 31.5. The summed E-state index contributed by atoms with van der Waals surface area (Å²) in [5.74, 6) is 1.14. The highest BCUT2D eigenvalue weighted by Gasteiger charge is 2.33. The van der Waals surface area contributed by atoms with E-state index in [-0.39, 0.29) is 5.97 Å². The molecule has 0 fully saturated rings. The Hall–Kier alpha value is -1.18. The molecule has 0 aliphatic carbocycles. The number of carbonyl (C=O) groups is 1. The van der Waals surface area contributed by atoms with Gasteiger partial charge in [0.05, 0.1) is 32.5 Å². The minimum Gasteiger partial charge on any atom is -0.496 e. The van der Waals surface area contributed by atoms with Crippen LogP contribution >= 0.6 is 20.1 Å². The van der Waals surface area contributed by atoms with Gasteiger partial charge in [0.15, 0.2) is 14.7 Å². The lowest BCUT2D eigenvalue weighted by Crippen LogP contribution is -2.26. The predicted molar refractivity (Wildman–Crippen MR) is 184 cm³/mol. The maximum Gasteiger partial charge on any atom is 0.319 e. The molecule has 0 saturated heterocycles. The number of allylic oxidation sites excluding steroid dienone is 3. The molecule has 1 aromatic rings. The molecule has 12 heteroatoms. The molecule has 3 atom stereocenters. The molecule has 0 saturated carbocycles. The molecule has 0 radical (unpaired) electrons. The van der Waals surface area contributed by atoms with E-state index in [2.05, 4.69) is 45.4 Å². The molecule has 0 aromatic heterocycles. The number of thioether (sulfide) groups is 1. The van der Waals surface area contributed by atoms with Crippen molar-refractivity contribution in [2.24, 2.45) is 0 Å². The predicted octanol–water partition coefficient (Wildman–Crippen LogP) is 7.57. The lowest BCUT2D eigenvalue weighted by molar-refractivity contribution is -0.142. The number of esters is 1. The van der Waals surface area contributed by atoms with Gasteiger partial charge in [-0.1, -0.05) is 57.0 Å². The number of methoxy groups -OCH3 is 1. The van der Waals surface area contributed by atoms with Crippen molar-refractivity contribution in [3.63, 3.8) is 0 Å². The zero-order chi connectivity index (χ0) is 32.4. The fraction of sp³-hybridized carbons (Fsp3) is 0.645. The fourth-order valence-corrected chi connectivity index (χ4v) is 7.44. The van der Waals surface area contributed by atoms with E-state index in [0.717, 1.165) is 40.1 Å². The summed E-state index contributed by atoms with van der Waals surface area (Å²) in [6.45, 7) is 19.0. The molecule has 244 valence electrons. The molecule has 8 nitrogen and oxygen atoms in total. The summed E-state index contributed by atoms with van der Waals surface area (Å²) in [5, 5.41) is 12.2. The van der Waals surface area contributed by atoms with Gasteiger partial charge < -0.3 is 33.5 Å². The standard InChI is InChI=1S/C31H53O8PSSi2/c1-22(20-26(41-17-11-16-40(34)36-4)30(32)38-15-19-43(8,9)10)12-13-24-28(35-3)23(2)25-21-39-31(33)27(25)29(24)37-14-18-42(5,6)7/h11-12,17,26,31,33-34H,13-16,18-21H2,1-10H3/b17-11+,22-12+. The van der Waals surface area contributed by atoms with Crippen molar-refractivity contribution in [3.8, 4) is 11.5 Å². The molecular formula is C31H53O8PSSi2. The van der Waals surface area contributed by atoms with E-state index < -0.39 is 36.1 Å². The van der Waals surface area contributed by atoms with Crippen molar-refractivity contribution in [1.29, 1.82) is 0 Å². The Labute approximate surface area is 266 Å². The van der Waals surface area contributed by atoms with Crippen LogP contribution in [0.1, 0.15) is 41.9 Å². The van der Waals surface area contributed by atoms with E-state index in [1.807, 2.05) is 25.3 Å². The molecule has 0 bridgehead atoms. The molecule has 1 aliphatic rings. The van der Waals surface area contributed by atoms with E-state index in [9.17, 15) is 14.8 Å². The first kappa shape index (κ1) is 38.0. The Morgan fingerprint density at radius 3 is 2.37 bits per heavy atom. The third-order valence-electron chi connectivity index (χ3n) is 7.18. The number of rotatable bonds is 18. The second-order valence-corrected chi connectivity index (χ2v) is 27.1. The first-order valence-electron chi connectivity index (χ1n) is 14.9. The number of hydrogen-bond acceptors (Lipinski definition) is 9. The molecule has 1 heterocycles. The summed E-state index contributed by atoms with van der Waals surface area (Å²) < 4.78 is 28.6. The van der Waals surface area contributed by atoms with Gasteiger partial charge in [-0.25, -0.2) is 0 Å². The van der Waals surface area contributed by atoms with Crippen LogP contribution < -0.4 is 9.47 Å². The van der Waals surface area contributed by atoms with Crippen molar-refractivity contribution in [2.45, 2.75) is 96.2 Å². The second kappa shape index (κ2) is 17.5. The van der Waals surface area contributed by atoms with E-state index in [4.69, 9.17) is 23.5 Å². The van der Waals surface area contributed by atoms with Crippen LogP contribution in [-0.2, 0) is 31.8 Å². The third kappa shape index (κ3) is 12.6. The first-order chi connectivity index (χ1) is 20.1. The van der Waals surface area contributed by atoms with Gasteiger partial charge in [-0.05, 0) is 55.3 Å². The second-order valence-electron chi connectivity index (χ2n) is 13.3. The number of fused-ring (bicyclic) bond motifs is 1. The lowest BCUT2D eigenvalue weighted by Gasteiger charge is -2.23. The average Bonchev–Trinajstić information content (AvgIpc) is 3.30. The molecule has 43 heavy (non-hydrogen) atoms. The van der Waals surface area contributed by atoms with E-state index in [1.54, 1.807) is 7.11 Å². The molecule has 1 aliphatic heterocycles. The normalized spacial score (nSPS) is 17.2. The van der Waals surface area contributed by atoms with Gasteiger partial charge in [0.1, 0.15) is 16.7 Å². The van der Waals surface area contributed by atoms with Crippen LogP contribution in [-0.4, -0.2) is 71.0 Å². The number of ether oxygens (including phenoxy) is 4. The third-order valence-corrected chi connectivity index (χ3v) is 12.6. The largest absolute Gasteiger partial charge is 0.496 e. The molecule has 2 N–H and O–H groups in total. The molecule has 0 spiro atoms. The van der Waals surface area contributed by atoms with Gasteiger partial charge in [0.25, 0.3) is 0 Å². The van der Waals surface area contributed by atoms with Crippen LogP contribution in [0.25, 0.3) is 0 Å². The van der Waals surface area contributed by atoms with Crippen molar-refractivity contribution >= 4 is 42.3 Å². The van der Waals surface area contributed by atoms with Crippen LogP contribution in [0.4, 0.5) is 0 Å². The maximum absolute atomic E-state index is 13.1. The van der Waals surface area contributed by atoms with Gasteiger partial charge in [0.2, 0.25) is 0 Å². The minimum absolute atomic E-state index is 0.236. The van der Waals surface area contributed by atoms with Crippen molar-refractivity contribution in [2.75, 3.05) is 33.6 Å². The summed E-state index contributed by atoms with van der Waals surface area (Å²) in [5.41, 5.74) is 4.45. The van der Waals surface area contributed by atoms with Crippen LogP contribution in [0.3, 0.4) is 0 Å². The van der Waals surface area contributed by atoms with Gasteiger partial charge in [-0.3, -0.25) is 4.79 Å². The summed E-state index contributed by atoms with van der Waals surface area (Å²) in [6, 6.07) is 1.90. The molecule has 2 rings (SSSR count). The van der Waals surface area contributed by atoms with Gasteiger partial charge >= 0.3 is 5.97 Å². The Morgan fingerprint density at radius 2 is 1.77 bits per heavy atom. The number of aliphatic hydroxyl groups is 1. The Kier molecular flexibility index (Phi) is 15.5. The van der Waals surface area contributed by atoms with Gasteiger partial charge in [0, 0.05) is 35.0 Å². The smallest absolute Gasteiger partial charge is 0.319 e. The summed E-state index contributed by atoms with van der Waals surface area (Å²) in [7, 11) is -1.04. The summed E-state index contributed by atoms with van der Waals surface area (Å²) >= 11 is 1.40. The van der Waals surface area contributed by atoms with Crippen molar-refractivity contribution in [1.82, 2.24) is 0 Å². The van der Waals surface area contributed by atoms with Crippen molar-refractivity contribution < 1.29 is 38.3 Å². The number of aliphatic hydroxyl groups excluding tert-OH is 1. The molecule has 1 aromatic carbocycles.